The molecule has 0 saturated carbocycles. The molecule has 1 aromatic rings. The lowest BCUT2D eigenvalue weighted by atomic mass is 9.92. The second kappa shape index (κ2) is 5.49. The minimum atomic E-state index is 0.0503. The van der Waals surface area contributed by atoms with Crippen molar-refractivity contribution in [1.82, 2.24) is 0 Å². The maximum absolute atomic E-state index is 5.99. The molecule has 18 heavy (non-hydrogen) atoms. The number of benzene rings is 1. The predicted octanol–water partition coefficient (Wildman–Crippen LogP) is 3.87. The topological polar surface area (TPSA) is 35.2 Å². The van der Waals surface area contributed by atoms with Crippen molar-refractivity contribution in [3.8, 4) is 0 Å². The molecule has 2 nitrogen and oxygen atoms in total. The van der Waals surface area contributed by atoms with Gasteiger partial charge in [0.25, 0.3) is 0 Å². The number of rotatable bonds is 3. The summed E-state index contributed by atoms with van der Waals surface area (Å²) in [5, 5.41) is 0.655. The van der Waals surface area contributed by atoms with E-state index in [9.17, 15) is 0 Å². The van der Waals surface area contributed by atoms with Gasteiger partial charge in [-0.25, -0.2) is 0 Å². The Kier molecular flexibility index (Phi) is 3.97. The van der Waals surface area contributed by atoms with E-state index >= 15 is 0 Å². The van der Waals surface area contributed by atoms with Crippen LogP contribution >= 0.6 is 11.6 Å². The van der Waals surface area contributed by atoms with Crippen molar-refractivity contribution in [2.75, 3.05) is 5.73 Å². The Hall–Kier alpha value is -1.41. The number of anilines is 1. The van der Waals surface area contributed by atoms with Crippen LogP contribution in [-0.2, 0) is 11.2 Å². The highest BCUT2D eigenvalue weighted by Crippen LogP contribution is 2.28. The van der Waals surface area contributed by atoms with Gasteiger partial charge in [-0.1, -0.05) is 37.6 Å². The fourth-order valence-electron chi connectivity index (χ4n) is 2.15. The first-order valence-corrected chi connectivity index (χ1v) is 6.51. The molecule has 1 aromatic carbocycles. The van der Waals surface area contributed by atoms with E-state index in [1.54, 1.807) is 6.26 Å². The fourth-order valence-corrected chi connectivity index (χ4v) is 2.33. The zero-order valence-corrected chi connectivity index (χ0v) is 11.4. The van der Waals surface area contributed by atoms with E-state index in [1.165, 1.54) is 11.1 Å². The molecule has 2 N–H and O–H groups in total. The summed E-state index contributed by atoms with van der Waals surface area (Å²) in [6, 6.07) is 7.91. The Balaban J connectivity index is 2.17. The average Bonchev–Trinajstić information content (AvgIpc) is 2.31. The SMILES string of the molecule is CC(C)C1=CC(Cl)=COC1Cc1cccc(N)c1. The molecule has 1 unspecified atom stereocenters. The van der Waals surface area contributed by atoms with Crippen molar-refractivity contribution < 1.29 is 4.74 Å². The summed E-state index contributed by atoms with van der Waals surface area (Å²) >= 11 is 5.99. The molecule has 0 radical (unpaired) electrons. The molecule has 1 atom stereocenters. The lowest BCUT2D eigenvalue weighted by Gasteiger charge is -2.26. The van der Waals surface area contributed by atoms with Gasteiger partial charge in [-0.15, -0.1) is 0 Å². The second-order valence-corrected chi connectivity index (χ2v) is 5.31. The molecule has 0 aromatic heterocycles. The van der Waals surface area contributed by atoms with Crippen LogP contribution in [0.15, 0.2) is 47.2 Å². The summed E-state index contributed by atoms with van der Waals surface area (Å²) < 4.78 is 5.70. The van der Waals surface area contributed by atoms with Crippen LogP contribution in [0.5, 0.6) is 0 Å². The third kappa shape index (κ3) is 3.08. The number of hydrogen-bond acceptors (Lipinski definition) is 2. The molecule has 0 aliphatic carbocycles. The highest BCUT2D eigenvalue weighted by Gasteiger charge is 2.21. The second-order valence-electron chi connectivity index (χ2n) is 4.88. The molecular formula is C15H18ClNO. The Labute approximate surface area is 113 Å². The van der Waals surface area contributed by atoms with E-state index in [1.807, 2.05) is 24.3 Å². The first-order chi connectivity index (χ1) is 8.56. The van der Waals surface area contributed by atoms with Crippen LogP contribution in [0.25, 0.3) is 0 Å². The first-order valence-electron chi connectivity index (χ1n) is 6.13. The van der Waals surface area contributed by atoms with Gasteiger partial charge in [0, 0.05) is 12.1 Å². The quantitative estimate of drug-likeness (QED) is 0.840. The van der Waals surface area contributed by atoms with E-state index < -0.39 is 0 Å². The van der Waals surface area contributed by atoms with Crippen molar-refractivity contribution in [3.05, 3.63) is 52.8 Å². The zero-order chi connectivity index (χ0) is 13.1. The largest absolute Gasteiger partial charge is 0.492 e. The van der Waals surface area contributed by atoms with Crippen LogP contribution < -0.4 is 5.73 Å². The van der Waals surface area contributed by atoms with Gasteiger partial charge in [-0.05, 0) is 35.3 Å². The van der Waals surface area contributed by atoms with Gasteiger partial charge in [0.15, 0.2) is 0 Å². The van der Waals surface area contributed by atoms with Crippen molar-refractivity contribution in [2.24, 2.45) is 5.92 Å². The number of allylic oxidation sites excluding steroid dienone is 2. The molecule has 1 aliphatic heterocycles. The minimum Gasteiger partial charge on any atom is -0.492 e. The predicted molar refractivity (Wildman–Crippen MR) is 76.3 cm³/mol. The average molecular weight is 264 g/mol. The van der Waals surface area contributed by atoms with E-state index in [4.69, 9.17) is 22.1 Å². The number of hydrogen-bond donors (Lipinski definition) is 1. The summed E-state index contributed by atoms with van der Waals surface area (Å²) in [7, 11) is 0. The van der Waals surface area contributed by atoms with Crippen molar-refractivity contribution in [2.45, 2.75) is 26.4 Å². The van der Waals surface area contributed by atoms with Gasteiger partial charge in [-0.2, -0.15) is 0 Å². The molecule has 96 valence electrons. The molecule has 0 bridgehead atoms. The number of ether oxygens (including phenoxy) is 1. The maximum atomic E-state index is 5.99. The molecule has 0 amide bonds. The minimum absolute atomic E-state index is 0.0503. The third-order valence-corrected chi connectivity index (χ3v) is 3.26. The Morgan fingerprint density at radius 1 is 1.39 bits per heavy atom. The number of halogens is 1. The van der Waals surface area contributed by atoms with Gasteiger partial charge in [0.05, 0.1) is 5.03 Å². The molecule has 3 heteroatoms. The van der Waals surface area contributed by atoms with Gasteiger partial charge >= 0.3 is 0 Å². The van der Waals surface area contributed by atoms with Crippen molar-refractivity contribution >= 4 is 17.3 Å². The smallest absolute Gasteiger partial charge is 0.124 e. The van der Waals surface area contributed by atoms with Crippen molar-refractivity contribution in [1.29, 1.82) is 0 Å². The van der Waals surface area contributed by atoms with Crippen molar-refractivity contribution in [3.63, 3.8) is 0 Å². The van der Waals surface area contributed by atoms with E-state index in [0.29, 0.717) is 11.0 Å². The summed E-state index contributed by atoms with van der Waals surface area (Å²) in [4.78, 5) is 0. The molecule has 0 spiro atoms. The summed E-state index contributed by atoms with van der Waals surface area (Å²) in [6.45, 7) is 4.30. The molecular weight excluding hydrogens is 246 g/mol. The van der Waals surface area contributed by atoms with Gasteiger partial charge < -0.3 is 10.5 Å². The van der Waals surface area contributed by atoms with E-state index in [2.05, 4.69) is 19.9 Å². The Morgan fingerprint density at radius 3 is 2.83 bits per heavy atom. The molecule has 1 aliphatic rings. The third-order valence-electron chi connectivity index (χ3n) is 3.06. The van der Waals surface area contributed by atoms with Crippen LogP contribution in [0.1, 0.15) is 19.4 Å². The first kappa shape index (κ1) is 13.0. The molecule has 2 rings (SSSR count). The fraction of sp³-hybridized carbons (Fsp3) is 0.333. The van der Waals surface area contributed by atoms with E-state index in [0.717, 1.165) is 12.1 Å². The van der Waals surface area contributed by atoms with Crippen LogP contribution in [0.4, 0.5) is 5.69 Å². The van der Waals surface area contributed by atoms with Crippen LogP contribution in [0.2, 0.25) is 0 Å². The standard InChI is InChI=1S/C15H18ClNO/c1-10(2)14-8-12(16)9-18-15(14)7-11-4-3-5-13(17)6-11/h3-6,8-10,15H,7,17H2,1-2H3. The summed E-state index contributed by atoms with van der Waals surface area (Å²) in [5.74, 6) is 0.415. The number of nitrogen functional groups attached to an aromatic ring is 1. The summed E-state index contributed by atoms with van der Waals surface area (Å²) in [5.41, 5.74) is 8.98. The highest BCUT2D eigenvalue weighted by molar-refractivity contribution is 6.31. The zero-order valence-electron chi connectivity index (χ0n) is 10.7. The molecule has 0 saturated heterocycles. The molecule has 0 fully saturated rings. The van der Waals surface area contributed by atoms with E-state index in [-0.39, 0.29) is 6.10 Å². The normalized spacial score (nSPS) is 19.2. The highest BCUT2D eigenvalue weighted by atomic mass is 35.5. The number of nitrogens with two attached hydrogens (primary N) is 1. The van der Waals surface area contributed by atoms with Gasteiger partial charge in [0.2, 0.25) is 0 Å². The van der Waals surface area contributed by atoms with Crippen LogP contribution in [0, 0.1) is 5.92 Å². The maximum Gasteiger partial charge on any atom is 0.124 e. The molecule has 1 heterocycles. The lowest BCUT2D eigenvalue weighted by Crippen LogP contribution is -2.22. The Bertz CT molecular complexity index is 491. The lowest BCUT2D eigenvalue weighted by molar-refractivity contribution is 0.162. The Morgan fingerprint density at radius 2 is 2.17 bits per heavy atom. The monoisotopic (exact) mass is 263 g/mol. The van der Waals surface area contributed by atoms with Crippen LogP contribution in [0.3, 0.4) is 0 Å². The summed E-state index contributed by atoms with van der Waals surface area (Å²) in [6.07, 6.45) is 4.49. The van der Waals surface area contributed by atoms with Gasteiger partial charge in [0.1, 0.15) is 12.4 Å². The van der Waals surface area contributed by atoms with Crippen LogP contribution in [-0.4, -0.2) is 6.10 Å². The van der Waals surface area contributed by atoms with Gasteiger partial charge in [-0.3, -0.25) is 0 Å².